The Morgan fingerprint density at radius 3 is 2.69 bits per heavy atom. The SMILES string of the molecule is Cc1nnc2n1CC(C(=O)O)N(C(=O)Cc1cccc(C(F)(F)F)c1)C2. The van der Waals surface area contributed by atoms with Gasteiger partial charge < -0.3 is 14.6 Å². The van der Waals surface area contributed by atoms with E-state index in [0.29, 0.717) is 11.6 Å². The van der Waals surface area contributed by atoms with Gasteiger partial charge in [-0.2, -0.15) is 13.2 Å². The predicted octanol–water partition coefficient (Wildman–Crippen LogP) is 1.64. The molecule has 7 nitrogen and oxygen atoms in total. The summed E-state index contributed by atoms with van der Waals surface area (Å²) in [5.41, 5.74) is -0.691. The number of carboxylic acids is 1. The molecule has 1 aliphatic rings. The summed E-state index contributed by atoms with van der Waals surface area (Å²) in [7, 11) is 0. The van der Waals surface area contributed by atoms with Gasteiger partial charge in [-0.15, -0.1) is 10.2 Å². The molecule has 3 rings (SSSR count). The molecule has 0 radical (unpaired) electrons. The van der Waals surface area contributed by atoms with E-state index in [4.69, 9.17) is 0 Å². The van der Waals surface area contributed by atoms with Crippen LogP contribution < -0.4 is 0 Å². The maximum atomic E-state index is 12.8. The van der Waals surface area contributed by atoms with Crippen LogP contribution in [-0.4, -0.2) is 42.7 Å². The number of hydrogen-bond acceptors (Lipinski definition) is 4. The lowest BCUT2D eigenvalue weighted by Gasteiger charge is -2.33. The maximum absolute atomic E-state index is 12.8. The number of amides is 1. The van der Waals surface area contributed by atoms with Gasteiger partial charge in [-0.05, 0) is 18.6 Å². The minimum absolute atomic E-state index is 0.00215. The molecule has 0 saturated heterocycles. The Bertz CT molecular complexity index is 863. The van der Waals surface area contributed by atoms with Crippen LogP contribution in [0.15, 0.2) is 24.3 Å². The molecule has 1 N–H and O–H groups in total. The zero-order valence-corrected chi connectivity index (χ0v) is 13.7. The van der Waals surface area contributed by atoms with Crippen molar-refractivity contribution in [2.45, 2.75) is 38.7 Å². The van der Waals surface area contributed by atoms with Crippen molar-refractivity contribution in [1.82, 2.24) is 19.7 Å². The largest absolute Gasteiger partial charge is 0.480 e. The summed E-state index contributed by atoms with van der Waals surface area (Å²) in [5.74, 6) is -0.793. The van der Waals surface area contributed by atoms with Crippen LogP contribution in [0.1, 0.15) is 22.8 Å². The molecular weight excluding hydrogens is 353 g/mol. The first-order valence-electron chi connectivity index (χ1n) is 7.74. The fourth-order valence-corrected chi connectivity index (χ4v) is 2.92. The van der Waals surface area contributed by atoms with Gasteiger partial charge in [0.05, 0.1) is 25.1 Å². The molecule has 0 fully saturated rings. The van der Waals surface area contributed by atoms with E-state index in [2.05, 4.69) is 10.2 Å². The van der Waals surface area contributed by atoms with E-state index < -0.39 is 29.7 Å². The summed E-state index contributed by atoms with van der Waals surface area (Å²) in [6.45, 7) is 1.61. The van der Waals surface area contributed by atoms with E-state index in [0.717, 1.165) is 17.0 Å². The summed E-state index contributed by atoms with van der Waals surface area (Å²) in [4.78, 5) is 25.3. The third-order valence-corrected chi connectivity index (χ3v) is 4.27. The quantitative estimate of drug-likeness (QED) is 0.890. The van der Waals surface area contributed by atoms with Crippen LogP contribution in [0.25, 0.3) is 0 Å². The summed E-state index contributed by atoms with van der Waals surface area (Å²) in [6, 6.07) is 3.30. The number of carbonyl (C=O) groups is 2. The van der Waals surface area contributed by atoms with Crippen molar-refractivity contribution in [2.24, 2.45) is 0 Å². The molecule has 1 aromatic carbocycles. The number of carbonyl (C=O) groups excluding carboxylic acids is 1. The fourth-order valence-electron chi connectivity index (χ4n) is 2.92. The minimum atomic E-state index is -4.51. The molecule has 138 valence electrons. The topological polar surface area (TPSA) is 88.3 Å². The van der Waals surface area contributed by atoms with Crippen LogP contribution in [0.2, 0.25) is 0 Å². The Hall–Kier alpha value is -2.91. The van der Waals surface area contributed by atoms with Crippen molar-refractivity contribution in [3.05, 3.63) is 47.0 Å². The number of halogens is 3. The van der Waals surface area contributed by atoms with Crippen LogP contribution in [-0.2, 0) is 35.3 Å². The first-order valence-corrected chi connectivity index (χ1v) is 7.74. The predicted molar refractivity (Wildman–Crippen MR) is 81.9 cm³/mol. The highest BCUT2D eigenvalue weighted by molar-refractivity contribution is 5.85. The molecule has 0 bridgehead atoms. The Morgan fingerprint density at radius 2 is 2.04 bits per heavy atom. The van der Waals surface area contributed by atoms with Gasteiger partial charge in [0.25, 0.3) is 0 Å². The van der Waals surface area contributed by atoms with Gasteiger partial charge in [0.15, 0.2) is 5.82 Å². The van der Waals surface area contributed by atoms with Crippen molar-refractivity contribution < 1.29 is 27.9 Å². The van der Waals surface area contributed by atoms with Crippen molar-refractivity contribution in [1.29, 1.82) is 0 Å². The number of nitrogens with zero attached hydrogens (tertiary/aromatic N) is 4. The van der Waals surface area contributed by atoms with Crippen molar-refractivity contribution in [3.63, 3.8) is 0 Å². The van der Waals surface area contributed by atoms with Crippen molar-refractivity contribution in [2.75, 3.05) is 0 Å². The summed E-state index contributed by atoms with van der Waals surface area (Å²) < 4.78 is 40.0. The molecule has 2 heterocycles. The van der Waals surface area contributed by atoms with Crippen LogP contribution in [0.5, 0.6) is 0 Å². The molecule has 1 aliphatic heterocycles. The second-order valence-corrected chi connectivity index (χ2v) is 6.02. The number of alkyl halides is 3. The average molecular weight is 368 g/mol. The van der Waals surface area contributed by atoms with Crippen molar-refractivity contribution in [3.8, 4) is 0 Å². The molecule has 1 atom stereocenters. The molecule has 0 saturated carbocycles. The summed E-state index contributed by atoms with van der Waals surface area (Å²) >= 11 is 0. The highest BCUT2D eigenvalue weighted by atomic mass is 19.4. The molecule has 10 heteroatoms. The van der Waals surface area contributed by atoms with Crippen molar-refractivity contribution >= 4 is 11.9 Å². The average Bonchev–Trinajstić information content (AvgIpc) is 2.93. The second kappa shape index (κ2) is 6.43. The maximum Gasteiger partial charge on any atom is 0.416 e. The van der Waals surface area contributed by atoms with Gasteiger partial charge in [-0.3, -0.25) is 4.79 Å². The third kappa shape index (κ3) is 3.39. The van der Waals surface area contributed by atoms with Gasteiger partial charge in [0, 0.05) is 0 Å². The van der Waals surface area contributed by atoms with Crippen LogP contribution in [0.3, 0.4) is 0 Å². The molecular formula is C16H15F3N4O3. The lowest BCUT2D eigenvalue weighted by Crippen LogP contribution is -2.51. The molecule has 0 spiro atoms. The number of rotatable bonds is 3. The molecule has 26 heavy (non-hydrogen) atoms. The molecule has 0 aliphatic carbocycles. The highest BCUT2D eigenvalue weighted by Gasteiger charge is 2.36. The first-order chi connectivity index (χ1) is 12.2. The molecule has 2 aromatic rings. The molecule has 1 aromatic heterocycles. The number of carboxylic acid groups (broad SMARTS) is 1. The van der Waals surface area contributed by atoms with E-state index >= 15 is 0 Å². The van der Waals surface area contributed by atoms with Crippen LogP contribution >= 0.6 is 0 Å². The number of benzene rings is 1. The number of fused-ring (bicyclic) bond motifs is 1. The normalized spacial score (nSPS) is 17.1. The van der Waals surface area contributed by atoms with Gasteiger partial charge in [0.1, 0.15) is 11.9 Å². The highest BCUT2D eigenvalue weighted by Crippen LogP contribution is 2.30. The monoisotopic (exact) mass is 368 g/mol. The first kappa shape index (κ1) is 17.9. The Labute approximate surface area is 146 Å². The lowest BCUT2D eigenvalue weighted by atomic mass is 10.1. The molecule has 1 amide bonds. The Morgan fingerprint density at radius 1 is 1.31 bits per heavy atom. The summed E-state index contributed by atoms with van der Waals surface area (Å²) in [6.07, 6.45) is -4.84. The Balaban J connectivity index is 1.83. The number of aromatic nitrogens is 3. The van der Waals surface area contributed by atoms with E-state index in [1.54, 1.807) is 11.5 Å². The van der Waals surface area contributed by atoms with Gasteiger partial charge >= 0.3 is 12.1 Å². The number of aliphatic carboxylic acids is 1. The second-order valence-electron chi connectivity index (χ2n) is 6.02. The third-order valence-electron chi connectivity index (χ3n) is 4.27. The number of aryl methyl sites for hydroxylation is 1. The van der Waals surface area contributed by atoms with E-state index in [1.165, 1.54) is 12.1 Å². The summed E-state index contributed by atoms with van der Waals surface area (Å²) in [5, 5.41) is 17.2. The number of hydrogen-bond donors (Lipinski definition) is 1. The lowest BCUT2D eigenvalue weighted by molar-refractivity contribution is -0.152. The van der Waals surface area contributed by atoms with Gasteiger partial charge in [-0.1, -0.05) is 18.2 Å². The Kier molecular flexibility index (Phi) is 4.43. The van der Waals surface area contributed by atoms with Gasteiger partial charge in [0.2, 0.25) is 5.91 Å². The fraction of sp³-hybridized carbons (Fsp3) is 0.375. The zero-order valence-electron chi connectivity index (χ0n) is 13.7. The van der Waals surface area contributed by atoms with Crippen LogP contribution in [0.4, 0.5) is 13.2 Å². The molecule has 1 unspecified atom stereocenters. The van der Waals surface area contributed by atoms with E-state index in [-0.39, 0.29) is 25.1 Å². The van der Waals surface area contributed by atoms with E-state index in [9.17, 15) is 27.9 Å². The van der Waals surface area contributed by atoms with Crippen LogP contribution in [0, 0.1) is 6.92 Å². The zero-order chi connectivity index (χ0) is 19.1. The minimum Gasteiger partial charge on any atom is -0.480 e. The van der Waals surface area contributed by atoms with E-state index in [1.807, 2.05) is 0 Å². The standard InChI is InChI=1S/C16H15F3N4O3/c1-9-20-21-13-8-23(12(15(25)26)7-22(9)13)14(24)6-10-3-2-4-11(5-10)16(17,18)19/h2-5,12H,6-8H2,1H3,(H,25,26). The van der Waals surface area contributed by atoms with Gasteiger partial charge in [-0.25, -0.2) is 4.79 Å². The smallest absolute Gasteiger partial charge is 0.416 e.